The van der Waals surface area contributed by atoms with Crippen molar-refractivity contribution in [3.05, 3.63) is 33.8 Å². The van der Waals surface area contributed by atoms with Gasteiger partial charge in [0.25, 0.3) is 5.91 Å². The van der Waals surface area contributed by atoms with E-state index in [1.807, 2.05) is 6.92 Å². The summed E-state index contributed by atoms with van der Waals surface area (Å²) in [7, 11) is 0. The number of rotatable bonds is 5. The Bertz CT molecular complexity index is 474. The van der Waals surface area contributed by atoms with Crippen molar-refractivity contribution in [3.63, 3.8) is 0 Å². The van der Waals surface area contributed by atoms with Crippen molar-refractivity contribution < 1.29 is 18.0 Å². The van der Waals surface area contributed by atoms with Crippen LogP contribution >= 0.6 is 15.9 Å². The van der Waals surface area contributed by atoms with E-state index in [0.717, 1.165) is 25.3 Å². The van der Waals surface area contributed by atoms with Crippen LogP contribution in [-0.4, -0.2) is 11.9 Å². The summed E-state index contributed by atoms with van der Waals surface area (Å²) in [6.45, 7) is 3.81. The largest absolute Gasteiger partial charge is 0.417 e. The van der Waals surface area contributed by atoms with E-state index in [0.29, 0.717) is 4.47 Å². The van der Waals surface area contributed by atoms with Gasteiger partial charge in [-0.15, -0.1) is 0 Å². The molecule has 1 N–H and O–H groups in total. The third-order valence-electron chi connectivity index (χ3n) is 2.90. The fraction of sp³-hybridized carbons (Fsp3) is 0.500. The van der Waals surface area contributed by atoms with Crippen LogP contribution in [0.25, 0.3) is 0 Å². The fourth-order valence-corrected chi connectivity index (χ4v) is 2.19. The lowest BCUT2D eigenvalue weighted by Crippen LogP contribution is -2.33. The Balaban J connectivity index is 2.93. The minimum atomic E-state index is -4.55. The summed E-state index contributed by atoms with van der Waals surface area (Å²) in [6.07, 6.45) is -1.90. The molecule has 0 aromatic heterocycles. The molecule has 0 aliphatic heterocycles. The number of alkyl halides is 3. The summed E-state index contributed by atoms with van der Waals surface area (Å²) in [5.41, 5.74) is -1.27. The average Bonchev–Trinajstić information content (AvgIpc) is 2.35. The second-order valence-electron chi connectivity index (χ2n) is 4.70. The number of carbonyl (C=O) groups is 1. The SMILES string of the molecule is CCCCC(C)NC(=O)c1ccc(Br)cc1C(F)(F)F. The molecule has 0 aliphatic rings. The third kappa shape index (κ3) is 4.81. The fourth-order valence-electron chi connectivity index (χ4n) is 1.83. The van der Waals surface area contributed by atoms with Crippen LogP contribution in [0.15, 0.2) is 22.7 Å². The molecule has 1 aromatic carbocycles. The van der Waals surface area contributed by atoms with Gasteiger partial charge in [-0.05, 0) is 31.5 Å². The second-order valence-corrected chi connectivity index (χ2v) is 5.62. The number of carbonyl (C=O) groups excluding carboxylic acids is 1. The van der Waals surface area contributed by atoms with Crippen LogP contribution in [0.1, 0.15) is 49.0 Å². The van der Waals surface area contributed by atoms with Gasteiger partial charge in [0.1, 0.15) is 0 Å². The molecule has 0 saturated heterocycles. The van der Waals surface area contributed by atoms with E-state index >= 15 is 0 Å². The Morgan fingerprint density at radius 3 is 2.60 bits per heavy atom. The maximum Gasteiger partial charge on any atom is 0.417 e. The highest BCUT2D eigenvalue weighted by atomic mass is 79.9. The Kier molecular flexibility index (Phi) is 6.05. The predicted octanol–water partition coefficient (Wildman–Crippen LogP) is 4.78. The first-order valence-corrected chi connectivity index (χ1v) is 7.22. The van der Waals surface area contributed by atoms with E-state index in [4.69, 9.17) is 0 Å². The minimum Gasteiger partial charge on any atom is -0.350 e. The monoisotopic (exact) mass is 351 g/mol. The molecule has 0 heterocycles. The number of halogens is 4. The molecule has 1 atom stereocenters. The van der Waals surface area contributed by atoms with Gasteiger partial charge < -0.3 is 5.32 Å². The molecule has 0 aliphatic carbocycles. The number of hydrogen-bond acceptors (Lipinski definition) is 1. The summed E-state index contributed by atoms with van der Waals surface area (Å²) in [5.74, 6) is -0.687. The van der Waals surface area contributed by atoms with E-state index in [1.54, 1.807) is 6.92 Å². The van der Waals surface area contributed by atoms with Crippen LogP contribution in [0, 0.1) is 0 Å². The second kappa shape index (κ2) is 7.11. The lowest BCUT2D eigenvalue weighted by atomic mass is 10.1. The number of amides is 1. The van der Waals surface area contributed by atoms with Gasteiger partial charge in [0.05, 0.1) is 11.1 Å². The molecule has 112 valence electrons. The molecule has 1 amide bonds. The third-order valence-corrected chi connectivity index (χ3v) is 3.39. The number of nitrogens with one attached hydrogen (secondary N) is 1. The van der Waals surface area contributed by atoms with E-state index in [2.05, 4.69) is 21.2 Å². The van der Waals surface area contributed by atoms with Gasteiger partial charge in [0.15, 0.2) is 0 Å². The smallest absolute Gasteiger partial charge is 0.350 e. The quantitative estimate of drug-likeness (QED) is 0.812. The van der Waals surface area contributed by atoms with Gasteiger partial charge in [-0.3, -0.25) is 4.79 Å². The lowest BCUT2D eigenvalue weighted by Gasteiger charge is -2.17. The minimum absolute atomic E-state index is 0.146. The number of unbranched alkanes of at least 4 members (excludes halogenated alkanes) is 1. The zero-order valence-electron chi connectivity index (χ0n) is 11.4. The maximum absolute atomic E-state index is 12.9. The van der Waals surface area contributed by atoms with Crippen LogP contribution in [0.5, 0.6) is 0 Å². The molecule has 0 radical (unpaired) electrons. The Labute approximate surface area is 124 Å². The van der Waals surface area contributed by atoms with Crippen molar-refractivity contribution in [3.8, 4) is 0 Å². The predicted molar refractivity (Wildman–Crippen MR) is 75.6 cm³/mol. The summed E-state index contributed by atoms with van der Waals surface area (Å²) >= 11 is 2.99. The Hall–Kier alpha value is -1.04. The summed E-state index contributed by atoms with van der Waals surface area (Å²) in [6, 6.07) is 3.40. The molecule has 6 heteroatoms. The highest BCUT2D eigenvalue weighted by Gasteiger charge is 2.35. The normalized spacial score (nSPS) is 13.1. The van der Waals surface area contributed by atoms with E-state index in [-0.39, 0.29) is 11.6 Å². The molecule has 0 spiro atoms. The summed E-state index contributed by atoms with van der Waals surface area (Å²) in [4.78, 5) is 12.0. The van der Waals surface area contributed by atoms with Crippen molar-refractivity contribution in [2.45, 2.75) is 45.3 Å². The van der Waals surface area contributed by atoms with Crippen LogP contribution in [0.4, 0.5) is 13.2 Å². The summed E-state index contributed by atoms with van der Waals surface area (Å²) < 4.78 is 39.1. The van der Waals surface area contributed by atoms with Crippen molar-refractivity contribution >= 4 is 21.8 Å². The molecule has 1 aromatic rings. The Morgan fingerprint density at radius 1 is 1.40 bits per heavy atom. The number of benzene rings is 1. The van der Waals surface area contributed by atoms with Crippen molar-refractivity contribution in [2.24, 2.45) is 0 Å². The number of hydrogen-bond donors (Lipinski definition) is 1. The highest BCUT2D eigenvalue weighted by Crippen LogP contribution is 2.33. The van der Waals surface area contributed by atoms with Crippen LogP contribution in [0.2, 0.25) is 0 Å². The standard InChI is InChI=1S/C14H17BrF3NO/c1-3-4-5-9(2)19-13(20)11-7-6-10(15)8-12(11)14(16,17)18/h6-9H,3-5H2,1-2H3,(H,19,20). The zero-order chi connectivity index (χ0) is 15.3. The Morgan fingerprint density at radius 2 is 2.05 bits per heavy atom. The van der Waals surface area contributed by atoms with Gasteiger partial charge in [0.2, 0.25) is 0 Å². The first-order valence-electron chi connectivity index (χ1n) is 6.43. The average molecular weight is 352 g/mol. The highest BCUT2D eigenvalue weighted by molar-refractivity contribution is 9.10. The van der Waals surface area contributed by atoms with Crippen molar-refractivity contribution in [2.75, 3.05) is 0 Å². The van der Waals surface area contributed by atoms with Crippen molar-refractivity contribution in [1.29, 1.82) is 0 Å². The molecule has 0 fully saturated rings. The van der Waals surface area contributed by atoms with Gasteiger partial charge in [-0.1, -0.05) is 35.7 Å². The molecule has 1 rings (SSSR count). The van der Waals surface area contributed by atoms with E-state index in [1.165, 1.54) is 12.1 Å². The van der Waals surface area contributed by atoms with E-state index in [9.17, 15) is 18.0 Å². The van der Waals surface area contributed by atoms with Crippen LogP contribution in [-0.2, 0) is 6.18 Å². The molecule has 20 heavy (non-hydrogen) atoms. The maximum atomic E-state index is 12.9. The zero-order valence-corrected chi connectivity index (χ0v) is 12.9. The molecular weight excluding hydrogens is 335 g/mol. The molecule has 2 nitrogen and oxygen atoms in total. The topological polar surface area (TPSA) is 29.1 Å². The van der Waals surface area contributed by atoms with Crippen LogP contribution in [0.3, 0.4) is 0 Å². The lowest BCUT2D eigenvalue weighted by molar-refractivity contribution is -0.138. The molecular formula is C14H17BrF3NO. The van der Waals surface area contributed by atoms with Gasteiger partial charge >= 0.3 is 6.18 Å². The molecule has 0 saturated carbocycles. The van der Waals surface area contributed by atoms with Gasteiger partial charge in [0, 0.05) is 10.5 Å². The van der Waals surface area contributed by atoms with Gasteiger partial charge in [-0.2, -0.15) is 13.2 Å². The van der Waals surface area contributed by atoms with Gasteiger partial charge in [-0.25, -0.2) is 0 Å². The first kappa shape index (κ1) is 17.0. The molecule has 1 unspecified atom stereocenters. The summed E-state index contributed by atoms with van der Waals surface area (Å²) in [5, 5.41) is 2.61. The van der Waals surface area contributed by atoms with Crippen molar-refractivity contribution in [1.82, 2.24) is 5.32 Å². The van der Waals surface area contributed by atoms with Crippen LogP contribution < -0.4 is 5.32 Å². The van der Waals surface area contributed by atoms with E-state index < -0.39 is 17.6 Å². The first-order chi connectivity index (χ1) is 9.25. The molecule has 0 bridgehead atoms.